The number of aryl methyl sites for hydroxylation is 1. The predicted octanol–water partition coefficient (Wildman–Crippen LogP) is 3.86. The van der Waals surface area contributed by atoms with Crippen LogP contribution in [0.15, 0.2) is 47.1 Å². The minimum absolute atomic E-state index is 0.132. The summed E-state index contributed by atoms with van der Waals surface area (Å²) in [5.41, 5.74) is 1.71. The molecule has 0 saturated carbocycles. The molecule has 6 nitrogen and oxygen atoms in total. The van der Waals surface area contributed by atoms with Gasteiger partial charge in [0.05, 0.1) is 0 Å². The molecule has 1 amide bonds. The van der Waals surface area contributed by atoms with Crippen LogP contribution in [-0.4, -0.2) is 22.8 Å². The van der Waals surface area contributed by atoms with Crippen molar-refractivity contribution in [3.63, 3.8) is 0 Å². The lowest BCUT2D eigenvalue weighted by Gasteiger charge is -2.07. The number of anilines is 1. The molecule has 0 radical (unpaired) electrons. The van der Waals surface area contributed by atoms with Crippen LogP contribution in [0.5, 0.6) is 5.75 Å². The minimum atomic E-state index is -0.438. The average molecular weight is 362 g/mol. The maximum Gasteiger partial charge on any atom is 0.263 e. The van der Waals surface area contributed by atoms with Crippen LogP contribution in [0.2, 0.25) is 5.02 Å². The first-order valence-electron chi connectivity index (χ1n) is 7.30. The zero-order valence-electron chi connectivity index (χ0n) is 13.1. The van der Waals surface area contributed by atoms with Gasteiger partial charge in [-0.3, -0.25) is 4.79 Å². The Balaban J connectivity index is 1.64. The first-order chi connectivity index (χ1) is 12.0. The van der Waals surface area contributed by atoms with E-state index < -0.39 is 5.91 Å². The highest BCUT2D eigenvalue weighted by molar-refractivity contribution is 6.31. The quantitative estimate of drug-likeness (QED) is 0.746. The van der Waals surface area contributed by atoms with Gasteiger partial charge in [0.25, 0.3) is 5.91 Å². The third-order valence-electron chi connectivity index (χ3n) is 3.36. The van der Waals surface area contributed by atoms with Crippen molar-refractivity contribution < 1.29 is 18.6 Å². The molecule has 0 saturated heterocycles. The van der Waals surface area contributed by atoms with E-state index in [1.807, 2.05) is 6.92 Å². The molecule has 0 aliphatic heterocycles. The minimum Gasteiger partial charge on any atom is -0.484 e. The molecule has 0 aliphatic rings. The lowest BCUT2D eigenvalue weighted by molar-refractivity contribution is -0.118. The van der Waals surface area contributed by atoms with E-state index in [1.54, 1.807) is 18.2 Å². The standard InChI is InChI=1S/C17H13ClFN3O3/c1-10-8-13(6-7-14(10)18)24-9-15(23)20-17-16(21-25-22-17)11-2-4-12(19)5-3-11/h2-8H,9H2,1H3,(H,20,22,23). The molecule has 1 N–H and O–H groups in total. The first kappa shape index (κ1) is 16.9. The second kappa shape index (κ2) is 7.31. The van der Waals surface area contributed by atoms with Gasteiger partial charge in [-0.1, -0.05) is 11.6 Å². The maximum atomic E-state index is 13.0. The van der Waals surface area contributed by atoms with Gasteiger partial charge in [0.15, 0.2) is 12.3 Å². The molecule has 0 fully saturated rings. The first-order valence-corrected chi connectivity index (χ1v) is 7.68. The van der Waals surface area contributed by atoms with Crippen LogP contribution in [0, 0.1) is 12.7 Å². The summed E-state index contributed by atoms with van der Waals surface area (Å²) >= 11 is 5.94. The number of aromatic nitrogens is 2. The Labute approximate surface area is 147 Å². The van der Waals surface area contributed by atoms with Crippen LogP contribution in [0.4, 0.5) is 10.2 Å². The number of rotatable bonds is 5. The van der Waals surface area contributed by atoms with Crippen molar-refractivity contribution in [2.45, 2.75) is 6.92 Å². The van der Waals surface area contributed by atoms with Gasteiger partial charge in [0, 0.05) is 10.6 Å². The van der Waals surface area contributed by atoms with Crippen LogP contribution in [0.3, 0.4) is 0 Å². The summed E-state index contributed by atoms with van der Waals surface area (Å²) in [6.07, 6.45) is 0. The summed E-state index contributed by atoms with van der Waals surface area (Å²) in [7, 11) is 0. The third kappa shape index (κ3) is 4.13. The van der Waals surface area contributed by atoms with Crippen molar-refractivity contribution in [2.75, 3.05) is 11.9 Å². The number of amides is 1. The highest BCUT2D eigenvalue weighted by atomic mass is 35.5. The molecule has 0 aliphatic carbocycles. The number of nitrogens with zero attached hydrogens (tertiary/aromatic N) is 2. The largest absolute Gasteiger partial charge is 0.484 e. The highest BCUT2D eigenvalue weighted by Gasteiger charge is 2.15. The van der Waals surface area contributed by atoms with Crippen molar-refractivity contribution >= 4 is 23.3 Å². The van der Waals surface area contributed by atoms with Crippen LogP contribution >= 0.6 is 11.6 Å². The number of ether oxygens (including phenoxy) is 1. The predicted molar refractivity (Wildman–Crippen MR) is 90.0 cm³/mol. The second-order valence-electron chi connectivity index (χ2n) is 5.22. The Bertz CT molecular complexity index is 896. The van der Waals surface area contributed by atoms with E-state index in [4.69, 9.17) is 16.3 Å². The number of carbonyl (C=O) groups excluding carboxylic acids is 1. The molecule has 3 aromatic rings. The highest BCUT2D eigenvalue weighted by Crippen LogP contribution is 2.24. The lowest BCUT2D eigenvalue weighted by Crippen LogP contribution is -2.20. The Morgan fingerprint density at radius 2 is 2.00 bits per heavy atom. The molecule has 3 rings (SSSR count). The monoisotopic (exact) mass is 361 g/mol. The summed E-state index contributed by atoms with van der Waals surface area (Å²) in [6.45, 7) is 1.61. The van der Waals surface area contributed by atoms with Gasteiger partial charge in [-0.2, -0.15) is 0 Å². The summed E-state index contributed by atoms with van der Waals surface area (Å²) < 4.78 is 23.1. The Kier molecular flexibility index (Phi) is 4.95. The van der Waals surface area contributed by atoms with Crippen molar-refractivity contribution in [2.24, 2.45) is 0 Å². The zero-order valence-corrected chi connectivity index (χ0v) is 13.9. The number of nitrogens with one attached hydrogen (secondary N) is 1. The fourth-order valence-electron chi connectivity index (χ4n) is 2.09. The Morgan fingerprint density at radius 1 is 1.24 bits per heavy atom. The van der Waals surface area contributed by atoms with Gasteiger partial charge in [-0.25, -0.2) is 9.02 Å². The number of hydrogen-bond acceptors (Lipinski definition) is 5. The third-order valence-corrected chi connectivity index (χ3v) is 3.79. The van der Waals surface area contributed by atoms with Crippen molar-refractivity contribution in [1.82, 2.24) is 10.3 Å². The van der Waals surface area contributed by atoms with Crippen LogP contribution in [0.25, 0.3) is 11.3 Å². The Hall–Kier alpha value is -2.93. The van der Waals surface area contributed by atoms with Gasteiger partial charge in [-0.05, 0) is 65.3 Å². The van der Waals surface area contributed by atoms with Gasteiger partial charge < -0.3 is 10.1 Å². The molecule has 0 atom stereocenters. The number of hydrogen-bond donors (Lipinski definition) is 1. The van der Waals surface area contributed by atoms with Gasteiger partial charge >= 0.3 is 0 Å². The van der Waals surface area contributed by atoms with E-state index in [-0.39, 0.29) is 18.2 Å². The Morgan fingerprint density at radius 3 is 2.72 bits per heavy atom. The molecule has 128 valence electrons. The maximum absolute atomic E-state index is 13.0. The fourth-order valence-corrected chi connectivity index (χ4v) is 2.21. The number of carbonyl (C=O) groups is 1. The fraction of sp³-hybridized carbons (Fsp3) is 0.118. The topological polar surface area (TPSA) is 77.2 Å². The lowest BCUT2D eigenvalue weighted by atomic mass is 10.1. The molecule has 0 bridgehead atoms. The van der Waals surface area contributed by atoms with Crippen molar-refractivity contribution in [3.8, 4) is 17.0 Å². The molecule has 0 unspecified atom stereocenters. The molecule has 1 aromatic heterocycles. The molecular weight excluding hydrogens is 349 g/mol. The molecule has 8 heteroatoms. The van der Waals surface area contributed by atoms with Gasteiger partial charge in [0.2, 0.25) is 5.82 Å². The molecular formula is C17H13ClFN3O3. The van der Waals surface area contributed by atoms with E-state index in [0.29, 0.717) is 22.0 Å². The van der Waals surface area contributed by atoms with E-state index in [0.717, 1.165) is 5.56 Å². The molecule has 2 aromatic carbocycles. The summed E-state index contributed by atoms with van der Waals surface area (Å²) in [5, 5.41) is 10.5. The van der Waals surface area contributed by atoms with Crippen LogP contribution in [-0.2, 0) is 4.79 Å². The normalized spacial score (nSPS) is 10.5. The zero-order chi connectivity index (χ0) is 17.8. The second-order valence-corrected chi connectivity index (χ2v) is 5.62. The van der Waals surface area contributed by atoms with E-state index in [9.17, 15) is 9.18 Å². The van der Waals surface area contributed by atoms with Crippen LogP contribution < -0.4 is 10.1 Å². The molecule has 0 spiro atoms. The smallest absolute Gasteiger partial charge is 0.263 e. The van der Waals surface area contributed by atoms with Crippen LogP contribution in [0.1, 0.15) is 5.56 Å². The number of halogens is 2. The summed E-state index contributed by atoms with van der Waals surface area (Å²) in [5.74, 6) is -0.161. The summed E-state index contributed by atoms with van der Waals surface area (Å²) in [4.78, 5) is 12.0. The van der Waals surface area contributed by atoms with Gasteiger partial charge in [-0.15, -0.1) is 0 Å². The SMILES string of the molecule is Cc1cc(OCC(=O)Nc2nonc2-c2ccc(F)cc2)ccc1Cl. The molecule has 1 heterocycles. The average Bonchev–Trinajstić information content (AvgIpc) is 3.05. The van der Waals surface area contributed by atoms with Gasteiger partial charge in [0.1, 0.15) is 11.6 Å². The summed E-state index contributed by atoms with van der Waals surface area (Å²) in [6, 6.07) is 10.7. The molecule has 25 heavy (non-hydrogen) atoms. The van der Waals surface area contributed by atoms with E-state index in [2.05, 4.69) is 20.3 Å². The van der Waals surface area contributed by atoms with Crippen molar-refractivity contribution in [3.05, 3.63) is 58.9 Å². The number of benzene rings is 2. The van der Waals surface area contributed by atoms with E-state index >= 15 is 0 Å². The van der Waals surface area contributed by atoms with E-state index in [1.165, 1.54) is 24.3 Å². The van der Waals surface area contributed by atoms with Crippen molar-refractivity contribution in [1.29, 1.82) is 0 Å².